The van der Waals surface area contributed by atoms with E-state index in [1.54, 1.807) is 24.3 Å². The monoisotopic (exact) mass is 284 g/mol. The van der Waals surface area contributed by atoms with Gasteiger partial charge in [0.05, 0.1) is 0 Å². The third-order valence-electron chi connectivity index (χ3n) is 3.55. The Balaban J connectivity index is 1.61. The average molecular weight is 284 g/mol. The van der Waals surface area contributed by atoms with Crippen molar-refractivity contribution in [2.75, 3.05) is 6.61 Å². The summed E-state index contributed by atoms with van der Waals surface area (Å²) < 4.78 is 11.5. The lowest BCUT2D eigenvalue weighted by molar-refractivity contribution is 0.148. The first-order chi connectivity index (χ1) is 10.1. The molecule has 0 spiro atoms. The number of rotatable bonds is 4. The van der Waals surface area contributed by atoms with Gasteiger partial charge >= 0.3 is 7.12 Å². The summed E-state index contributed by atoms with van der Waals surface area (Å²) in [6.07, 6.45) is 0.823. The van der Waals surface area contributed by atoms with E-state index in [2.05, 4.69) is 13.0 Å². The topological polar surface area (TPSA) is 58.9 Å². The van der Waals surface area contributed by atoms with Gasteiger partial charge in [-0.15, -0.1) is 0 Å². The third-order valence-corrected chi connectivity index (χ3v) is 3.55. The van der Waals surface area contributed by atoms with Crippen LogP contribution in [0, 0.1) is 6.92 Å². The third kappa shape index (κ3) is 3.20. The van der Waals surface area contributed by atoms with Gasteiger partial charge in [0.25, 0.3) is 0 Å². The molecule has 0 aliphatic carbocycles. The lowest BCUT2D eigenvalue weighted by atomic mass is 9.80. The van der Waals surface area contributed by atoms with Crippen molar-refractivity contribution >= 4 is 12.6 Å². The van der Waals surface area contributed by atoms with Gasteiger partial charge in [-0.2, -0.15) is 0 Å². The first-order valence-electron chi connectivity index (χ1n) is 6.97. The van der Waals surface area contributed by atoms with Crippen LogP contribution >= 0.6 is 0 Å². The molecule has 0 amide bonds. The number of hydrogen-bond acceptors (Lipinski definition) is 4. The fourth-order valence-corrected chi connectivity index (χ4v) is 2.50. The molecule has 1 aliphatic heterocycles. The first kappa shape index (κ1) is 14.0. The summed E-state index contributed by atoms with van der Waals surface area (Å²) >= 11 is 0. The molecule has 0 saturated heterocycles. The molecule has 1 unspecified atom stereocenters. The molecule has 2 aromatic rings. The van der Waals surface area contributed by atoms with E-state index in [4.69, 9.17) is 19.5 Å². The van der Waals surface area contributed by atoms with Crippen molar-refractivity contribution < 1.29 is 19.5 Å². The van der Waals surface area contributed by atoms with Gasteiger partial charge in [0.1, 0.15) is 24.2 Å². The van der Waals surface area contributed by atoms with E-state index < -0.39 is 7.12 Å². The van der Waals surface area contributed by atoms with Crippen LogP contribution in [0.1, 0.15) is 11.1 Å². The Hall–Kier alpha value is -1.98. The molecule has 1 heterocycles. The maximum Gasteiger partial charge on any atom is 0.488 e. The fraction of sp³-hybridized carbons (Fsp3) is 0.250. The van der Waals surface area contributed by atoms with Crippen LogP contribution in [-0.2, 0) is 6.42 Å². The summed E-state index contributed by atoms with van der Waals surface area (Å²) in [5.41, 5.74) is 2.85. The highest BCUT2D eigenvalue weighted by Gasteiger charge is 2.23. The summed E-state index contributed by atoms with van der Waals surface area (Å²) in [6, 6.07) is 13.0. The second-order valence-electron chi connectivity index (χ2n) is 5.31. The van der Waals surface area contributed by atoms with Gasteiger partial charge in [0.2, 0.25) is 0 Å². The molecule has 0 saturated carbocycles. The van der Waals surface area contributed by atoms with Crippen molar-refractivity contribution in [3.63, 3.8) is 0 Å². The summed E-state index contributed by atoms with van der Waals surface area (Å²) in [5, 5.41) is 18.3. The van der Waals surface area contributed by atoms with Gasteiger partial charge in [-0.1, -0.05) is 29.8 Å². The highest BCUT2D eigenvalue weighted by Crippen LogP contribution is 2.29. The lowest BCUT2D eigenvalue weighted by Gasteiger charge is -2.13. The zero-order valence-corrected chi connectivity index (χ0v) is 11.8. The number of aryl methyl sites for hydroxylation is 1. The second kappa shape index (κ2) is 5.80. The molecule has 0 bridgehead atoms. The summed E-state index contributed by atoms with van der Waals surface area (Å²) in [7, 11) is -1.48. The zero-order chi connectivity index (χ0) is 14.8. The molecule has 1 aliphatic rings. The van der Waals surface area contributed by atoms with Crippen molar-refractivity contribution in [3.8, 4) is 11.5 Å². The van der Waals surface area contributed by atoms with Gasteiger partial charge in [0, 0.05) is 6.42 Å². The highest BCUT2D eigenvalue weighted by atomic mass is 16.5. The Morgan fingerprint density at radius 3 is 2.90 bits per heavy atom. The minimum Gasteiger partial charge on any atom is -0.490 e. The SMILES string of the molecule is Cc1ccc2c(c1)CC(COc1cccc(B(O)O)c1)O2. The minimum atomic E-state index is -1.48. The zero-order valence-electron chi connectivity index (χ0n) is 11.8. The van der Waals surface area contributed by atoms with Crippen LogP contribution in [0.2, 0.25) is 0 Å². The Bertz CT molecular complexity index is 642. The molecule has 2 aromatic carbocycles. The second-order valence-corrected chi connectivity index (χ2v) is 5.31. The molecule has 108 valence electrons. The maximum atomic E-state index is 9.15. The normalized spacial score (nSPS) is 16.2. The average Bonchev–Trinajstić information content (AvgIpc) is 2.87. The van der Waals surface area contributed by atoms with E-state index in [1.807, 2.05) is 12.1 Å². The molecule has 21 heavy (non-hydrogen) atoms. The van der Waals surface area contributed by atoms with Gasteiger partial charge in [-0.05, 0) is 36.1 Å². The van der Waals surface area contributed by atoms with Crippen LogP contribution in [0.5, 0.6) is 11.5 Å². The maximum absolute atomic E-state index is 9.15. The van der Waals surface area contributed by atoms with Gasteiger partial charge in [0.15, 0.2) is 0 Å². The smallest absolute Gasteiger partial charge is 0.488 e. The number of fused-ring (bicyclic) bond motifs is 1. The van der Waals surface area contributed by atoms with Crippen molar-refractivity contribution in [3.05, 3.63) is 53.6 Å². The quantitative estimate of drug-likeness (QED) is 0.824. The van der Waals surface area contributed by atoms with E-state index >= 15 is 0 Å². The summed E-state index contributed by atoms with van der Waals surface area (Å²) in [6.45, 7) is 2.49. The Morgan fingerprint density at radius 2 is 2.10 bits per heavy atom. The van der Waals surface area contributed by atoms with Crippen LogP contribution in [-0.4, -0.2) is 29.9 Å². The van der Waals surface area contributed by atoms with E-state index in [0.29, 0.717) is 17.8 Å². The van der Waals surface area contributed by atoms with Crippen molar-refractivity contribution in [1.82, 2.24) is 0 Å². The molecule has 5 heteroatoms. The Morgan fingerprint density at radius 1 is 1.24 bits per heavy atom. The van der Waals surface area contributed by atoms with Crippen molar-refractivity contribution in [2.45, 2.75) is 19.4 Å². The number of benzene rings is 2. The van der Waals surface area contributed by atoms with Crippen LogP contribution in [0.15, 0.2) is 42.5 Å². The van der Waals surface area contributed by atoms with E-state index in [0.717, 1.165) is 12.2 Å². The molecule has 4 nitrogen and oxygen atoms in total. The Kier molecular flexibility index (Phi) is 3.86. The molecular weight excluding hydrogens is 267 g/mol. The van der Waals surface area contributed by atoms with Gasteiger partial charge in [-0.25, -0.2) is 0 Å². The standard InChI is InChI=1S/C16H17BO4/c1-11-5-6-16-12(7-11)8-15(21-16)10-20-14-4-2-3-13(9-14)17(18)19/h2-7,9,15,18-19H,8,10H2,1H3. The molecule has 0 radical (unpaired) electrons. The summed E-state index contributed by atoms with van der Waals surface area (Å²) in [4.78, 5) is 0. The molecule has 0 aromatic heterocycles. The largest absolute Gasteiger partial charge is 0.490 e. The number of hydrogen-bond donors (Lipinski definition) is 2. The van der Waals surface area contributed by atoms with Crippen LogP contribution in [0.4, 0.5) is 0 Å². The van der Waals surface area contributed by atoms with E-state index in [1.165, 1.54) is 11.1 Å². The fourth-order valence-electron chi connectivity index (χ4n) is 2.50. The number of ether oxygens (including phenoxy) is 2. The van der Waals surface area contributed by atoms with Crippen LogP contribution < -0.4 is 14.9 Å². The molecule has 0 fully saturated rings. The lowest BCUT2D eigenvalue weighted by Crippen LogP contribution is -2.30. The van der Waals surface area contributed by atoms with Crippen LogP contribution in [0.3, 0.4) is 0 Å². The van der Waals surface area contributed by atoms with E-state index in [9.17, 15) is 0 Å². The van der Waals surface area contributed by atoms with Gasteiger partial charge < -0.3 is 19.5 Å². The van der Waals surface area contributed by atoms with Crippen molar-refractivity contribution in [2.24, 2.45) is 0 Å². The molecule has 1 atom stereocenters. The van der Waals surface area contributed by atoms with Crippen molar-refractivity contribution in [1.29, 1.82) is 0 Å². The van der Waals surface area contributed by atoms with Crippen LogP contribution in [0.25, 0.3) is 0 Å². The van der Waals surface area contributed by atoms with E-state index in [-0.39, 0.29) is 6.10 Å². The predicted molar refractivity (Wildman–Crippen MR) is 81.1 cm³/mol. The predicted octanol–water partition coefficient (Wildman–Crippen LogP) is 1.06. The minimum absolute atomic E-state index is 0.00972. The first-order valence-corrected chi connectivity index (χ1v) is 6.97. The molecular formula is C16H17BO4. The van der Waals surface area contributed by atoms with Gasteiger partial charge in [-0.3, -0.25) is 0 Å². The Labute approximate surface area is 124 Å². The molecule has 3 rings (SSSR count). The summed E-state index contributed by atoms with van der Waals surface area (Å²) in [5.74, 6) is 1.53. The highest BCUT2D eigenvalue weighted by molar-refractivity contribution is 6.58. The molecule has 2 N–H and O–H groups in total.